The fraction of sp³-hybridized carbons (Fsp3) is 0.250. The molecule has 5 rings (SSSR count). The first-order chi connectivity index (χ1) is 17.2. The second-order valence-electron chi connectivity index (χ2n) is 8.59. The monoisotopic (exact) mass is 468 g/mol. The van der Waals surface area contributed by atoms with E-state index >= 15 is 0 Å². The highest BCUT2D eigenvalue weighted by molar-refractivity contribution is 5.97. The zero-order valence-electron chi connectivity index (χ0n) is 19.7. The molecule has 3 aromatic carbocycles. The number of nitrogens with zero attached hydrogens (tertiary/aromatic N) is 3. The van der Waals surface area contributed by atoms with Crippen LogP contribution in [0.5, 0.6) is 5.75 Å². The van der Waals surface area contributed by atoms with Gasteiger partial charge in [0.15, 0.2) is 0 Å². The molecule has 0 bridgehead atoms. The Morgan fingerprint density at radius 2 is 1.77 bits per heavy atom. The van der Waals surface area contributed by atoms with Crippen LogP contribution in [0.4, 0.5) is 5.69 Å². The lowest BCUT2D eigenvalue weighted by molar-refractivity contribution is -0.119. The van der Waals surface area contributed by atoms with Crippen LogP contribution in [-0.2, 0) is 24.2 Å². The van der Waals surface area contributed by atoms with E-state index < -0.39 is 0 Å². The van der Waals surface area contributed by atoms with Gasteiger partial charge in [-0.15, -0.1) is 0 Å². The minimum atomic E-state index is -0.203. The number of carbonyl (C=O) groups is 2. The number of imidazole rings is 1. The highest BCUT2D eigenvalue weighted by Gasteiger charge is 2.24. The Labute approximate surface area is 204 Å². The molecule has 1 aliphatic rings. The third-order valence-corrected chi connectivity index (χ3v) is 6.42. The summed E-state index contributed by atoms with van der Waals surface area (Å²) in [5, 5.41) is 2.96. The van der Waals surface area contributed by atoms with Crippen LogP contribution in [0.15, 0.2) is 72.8 Å². The summed E-state index contributed by atoms with van der Waals surface area (Å²) >= 11 is 0. The topological polar surface area (TPSA) is 76.5 Å². The molecule has 4 aromatic rings. The largest absolute Gasteiger partial charge is 0.496 e. The van der Waals surface area contributed by atoms with Crippen molar-refractivity contribution in [1.29, 1.82) is 0 Å². The maximum absolute atomic E-state index is 13.5. The van der Waals surface area contributed by atoms with Gasteiger partial charge >= 0.3 is 0 Å². The first-order valence-electron chi connectivity index (χ1n) is 11.9. The van der Waals surface area contributed by atoms with Crippen molar-refractivity contribution in [3.05, 3.63) is 89.7 Å². The quantitative estimate of drug-likeness (QED) is 0.445. The summed E-state index contributed by atoms with van der Waals surface area (Å²) in [4.78, 5) is 32.8. The van der Waals surface area contributed by atoms with Crippen LogP contribution in [0, 0.1) is 0 Å². The van der Waals surface area contributed by atoms with Gasteiger partial charge in [-0.1, -0.05) is 42.5 Å². The van der Waals surface area contributed by atoms with E-state index in [-0.39, 0.29) is 18.4 Å². The Morgan fingerprint density at radius 3 is 2.66 bits per heavy atom. The maximum atomic E-state index is 13.5. The summed E-state index contributed by atoms with van der Waals surface area (Å²) in [7, 11) is 1.55. The summed E-state index contributed by atoms with van der Waals surface area (Å²) < 4.78 is 7.27. The molecular weight excluding hydrogens is 440 g/mol. The first kappa shape index (κ1) is 22.7. The van der Waals surface area contributed by atoms with Crippen LogP contribution in [0.3, 0.4) is 0 Å². The summed E-state index contributed by atoms with van der Waals surface area (Å²) in [6, 6.07) is 23.1. The number of nitrogens with one attached hydrogen (secondary N) is 1. The summed E-state index contributed by atoms with van der Waals surface area (Å²) in [5.74, 6) is 1.14. The third-order valence-electron chi connectivity index (χ3n) is 6.42. The molecule has 178 valence electrons. The highest BCUT2D eigenvalue weighted by atomic mass is 16.5. The van der Waals surface area contributed by atoms with E-state index in [1.807, 2.05) is 58.0 Å². The van der Waals surface area contributed by atoms with Crippen molar-refractivity contribution in [3.63, 3.8) is 0 Å². The number of hydrogen-bond acceptors (Lipinski definition) is 4. The van der Waals surface area contributed by atoms with Gasteiger partial charge in [-0.25, -0.2) is 4.98 Å². The predicted octanol–water partition coefficient (Wildman–Crippen LogP) is 4.00. The van der Waals surface area contributed by atoms with E-state index in [2.05, 4.69) is 11.4 Å². The van der Waals surface area contributed by atoms with Gasteiger partial charge in [-0.2, -0.15) is 0 Å². The van der Waals surface area contributed by atoms with Crippen molar-refractivity contribution < 1.29 is 14.3 Å². The van der Waals surface area contributed by atoms with Crippen molar-refractivity contribution >= 4 is 28.5 Å². The van der Waals surface area contributed by atoms with Crippen molar-refractivity contribution in [2.24, 2.45) is 0 Å². The van der Waals surface area contributed by atoms with E-state index in [9.17, 15) is 9.59 Å². The van der Waals surface area contributed by atoms with Crippen LogP contribution >= 0.6 is 0 Å². The van der Waals surface area contributed by atoms with Crippen LogP contribution in [0.1, 0.15) is 28.2 Å². The minimum absolute atomic E-state index is 0.0413. The van der Waals surface area contributed by atoms with Crippen molar-refractivity contribution in [2.45, 2.75) is 25.8 Å². The van der Waals surface area contributed by atoms with Crippen LogP contribution in [0.25, 0.3) is 11.0 Å². The number of fused-ring (bicyclic) bond motifs is 2. The zero-order chi connectivity index (χ0) is 24.2. The number of anilines is 1. The molecule has 35 heavy (non-hydrogen) atoms. The molecule has 0 spiro atoms. The van der Waals surface area contributed by atoms with E-state index in [0.29, 0.717) is 30.8 Å². The van der Waals surface area contributed by atoms with E-state index in [1.54, 1.807) is 25.3 Å². The highest BCUT2D eigenvalue weighted by Crippen LogP contribution is 2.27. The van der Waals surface area contributed by atoms with Crippen molar-refractivity contribution in [1.82, 2.24) is 14.9 Å². The van der Waals surface area contributed by atoms with E-state index in [0.717, 1.165) is 35.4 Å². The van der Waals surface area contributed by atoms with Gasteiger partial charge in [0.2, 0.25) is 5.91 Å². The molecule has 0 fully saturated rings. The average molecular weight is 469 g/mol. The smallest absolute Gasteiger partial charge is 0.255 e. The van der Waals surface area contributed by atoms with Crippen molar-refractivity contribution in [2.75, 3.05) is 25.1 Å². The molecule has 0 saturated heterocycles. The normalized spacial score (nSPS) is 12.9. The maximum Gasteiger partial charge on any atom is 0.255 e. The number of methoxy groups -OCH3 is 1. The Morgan fingerprint density at radius 1 is 1.00 bits per heavy atom. The van der Waals surface area contributed by atoms with Gasteiger partial charge in [-0.05, 0) is 48.7 Å². The molecule has 0 radical (unpaired) electrons. The number of para-hydroxylation sites is 4. The number of carbonyl (C=O) groups excluding carboxylic acids is 2. The fourth-order valence-electron chi connectivity index (χ4n) is 4.72. The number of amides is 2. The van der Waals surface area contributed by atoms with Gasteiger partial charge in [0.05, 0.1) is 23.7 Å². The predicted molar refractivity (Wildman–Crippen MR) is 136 cm³/mol. The molecule has 7 nitrogen and oxygen atoms in total. The number of benzene rings is 3. The molecule has 1 aromatic heterocycles. The van der Waals surface area contributed by atoms with Gasteiger partial charge < -0.3 is 19.5 Å². The number of aromatic nitrogens is 2. The van der Waals surface area contributed by atoms with Gasteiger partial charge in [0.1, 0.15) is 18.1 Å². The van der Waals surface area contributed by atoms with E-state index in [1.165, 1.54) is 5.56 Å². The van der Waals surface area contributed by atoms with E-state index in [4.69, 9.17) is 9.72 Å². The molecule has 0 aliphatic carbocycles. The summed E-state index contributed by atoms with van der Waals surface area (Å²) in [5.41, 5.74) is 4.45. The molecule has 0 unspecified atom stereocenters. The summed E-state index contributed by atoms with van der Waals surface area (Å²) in [6.45, 7) is 1.30. The fourth-order valence-corrected chi connectivity index (χ4v) is 4.72. The Balaban J connectivity index is 1.34. The zero-order valence-corrected chi connectivity index (χ0v) is 19.7. The lowest BCUT2D eigenvalue weighted by atomic mass is 10.0. The summed E-state index contributed by atoms with van der Waals surface area (Å²) in [6.07, 6.45) is 2.44. The lowest BCUT2D eigenvalue weighted by Gasteiger charge is -2.29. The minimum Gasteiger partial charge on any atom is -0.496 e. The molecule has 1 aliphatic heterocycles. The Bertz CT molecular complexity index is 1380. The number of ether oxygens (including phenoxy) is 1. The molecule has 1 N–H and O–H groups in total. The van der Waals surface area contributed by atoms with Crippen LogP contribution < -0.4 is 15.0 Å². The second kappa shape index (κ2) is 10.0. The molecule has 2 heterocycles. The molecule has 2 amide bonds. The van der Waals surface area contributed by atoms with Crippen LogP contribution in [0.2, 0.25) is 0 Å². The lowest BCUT2D eigenvalue weighted by Crippen LogP contribution is -2.38. The van der Waals surface area contributed by atoms with Crippen LogP contribution in [-0.4, -0.2) is 41.6 Å². The van der Waals surface area contributed by atoms with Crippen molar-refractivity contribution in [3.8, 4) is 5.75 Å². The molecular formula is C28H28N4O3. The first-order valence-corrected chi connectivity index (χ1v) is 11.9. The van der Waals surface area contributed by atoms with Gasteiger partial charge in [0, 0.05) is 25.2 Å². The molecule has 0 saturated carbocycles. The number of hydrogen-bond donors (Lipinski definition) is 1. The van der Waals surface area contributed by atoms with Gasteiger partial charge in [0.25, 0.3) is 5.91 Å². The molecule has 0 atom stereocenters. The standard InChI is InChI=1S/C28H28N4O3/c1-35-25-15-7-3-11-21(25)28(34)29-17-16-26-30-22-12-4-6-14-24(22)32(26)19-27(33)31-18-8-10-20-9-2-5-13-23(20)31/h2-7,9,11-15H,8,10,16-19H2,1H3,(H,29,34). The third kappa shape index (κ3) is 4.62. The number of rotatable bonds is 7. The molecule has 7 heteroatoms. The number of aryl methyl sites for hydroxylation is 1. The SMILES string of the molecule is COc1ccccc1C(=O)NCCc1nc2ccccc2n1CC(=O)N1CCCc2ccccc21. The Hall–Kier alpha value is -4.13. The average Bonchev–Trinajstić information content (AvgIpc) is 3.25. The van der Waals surface area contributed by atoms with Gasteiger partial charge in [-0.3, -0.25) is 9.59 Å². The Kier molecular flexibility index (Phi) is 6.48. The second-order valence-corrected chi connectivity index (χ2v) is 8.59.